The minimum absolute atomic E-state index is 0.990. The Morgan fingerprint density at radius 1 is 1.00 bits per heavy atom. The van der Waals surface area contributed by atoms with Crippen molar-refractivity contribution in [2.24, 2.45) is 7.05 Å². The third kappa shape index (κ3) is 2.66. The van der Waals surface area contributed by atoms with Crippen LogP contribution in [0.4, 0.5) is 0 Å². The molecule has 1 aromatic carbocycles. The van der Waals surface area contributed by atoms with Crippen molar-refractivity contribution in [2.75, 3.05) is 13.1 Å². The molecular weight excluding hydrogens is 284 g/mol. The van der Waals surface area contributed by atoms with E-state index in [9.17, 15) is 0 Å². The fraction of sp³-hybridized carbons (Fsp3) is 0.263. The predicted molar refractivity (Wildman–Crippen MR) is 92.2 cm³/mol. The van der Waals surface area contributed by atoms with Gasteiger partial charge in [-0.1, -0.05) is 30.3 Å². The zero-order chi connectivity index (χ0) is 15.6. The zero-order valence-electron chi connectivity index (χ0n) is 13.3. The first kappa shape index (κ1) is 14.2. The van der Waals surface area contributed by atoms with Crippen LogP contribution >= 0.6 is 0 Å². The summed E-state index contributed by atoms with van der Waals surface area (Å²) in [6.07, 6.45) is 6.06. The van der Waals surface area contributed by atoms with E-state index in [2.05, 4.69) is 46.8 Å². The molecule has 0 saturated heterocycles. The average molecular weight is 304 g/mol. The first-order chi connectivity index (χ1) is 11.3. The molecule has 0 saturated carbocycles. The van der Waals surface area contributed by atoms with Crippen molar-refractivity contribution >= 4 is 0 Å². The van der Waals surface area contributed by atoms with E-state index in [-0.39, 0.29) is 0 Å². The van der Waals surface area contributed by atoms with Crippen LogP contribution in [0, 0.1) is 0 Å². The third-order valence-corrected chi connectivity index (χ3v) is 4.40. The number of hydrogen-bond acceptors (Lipinski definition) is 3. The van der Waals surface area contributed by atoms with Crippen molar-refractivity contribution in [3.05, 3.63) is 60.0 Å². The topological polar surface area (TPSA) is 42.7 Å². The monoisotopic (exact) mass is 304 g/mol. The fourth-order valence-corrected chi connectivity index (χ4v) is 3.32. The van der Waals surface area contributed by atoms with Crippen molar-refractivity contribution in [3.8, 4) is 22.4 Å². The summed E-state index contributed by atoms with van der Waals surface area (Å²) in [5.74, 6) is 0. The number of pyridine rings is 1. The number of hydrogen-bond donors (Lipinski definition) is 1. The summed E-state index contributed by atoms with van der Waals surface area (Å²) in [6, 6.07) is 12.5. The highest BCUT2D eigenvalue weighted by Gasteiger charge is 2.18. The normalized spacial score (nSPS) is 14.3. The Bertz CT molecular complexity index is 821. The third-order valence-electron chi connectivity index (χ3n) is 4.40. The SMILES string of the molecule is Cn1cc(-c2ccnc3c2CCNCC3)c(-c2ccccc2)n1. The maximum Gasteiger partial charge on any atom is 0.100 e. The number of nitrogens with zero attached hydrogens (tertiary/aromatic N) is 3. The summed E-state index contributed by atoms with van der Waals surface area (Å²) >= 11 is 0. The van der Waals surface area contributed by atoms with E-state index in [0.717, 1.165) is 37.2 Å². The van der Waals surface area contributed by atoms with Crippen LogP contribution in [0.2, 0.25) is 0 Å². The van der Waals surface area contributed by atoms with E-state index < -0.39 is 0 Å². The van der Waals surface area contributed by atoms with E-state index in [0.29, 0.717) is 0 Å². The van der Waals surface area contributed by atoms with Crippen LogP contribution in [0.1, 0.15) is 11.3 Å². The molecule has 0 atom stereocenters. The van der Waals surface area contributed by atoms with Gasteiger partial charge in [0.1, 0.15) is 5.69 Å². The van der Waals surface area contributed by atoms with E-state index >= 15 is 0 Å². The van der Waals surface area contributed by atoms with Gasteiger partial charge in [-0.3, -0.25) is 9.67 Å². The molecule has 0 aliphatic carbocycles. The average Bonchev–Trinajstić information content (AvgIpc) is 2.81. The van der Waals surface area contributed by atoms with Crippen molar-refractivity contribution in [1.82, 2.24) is 20.1 Å². The van der Waals surface area contributed by atoms with Crippen molar-refractivity contribution in [2.45, 2.75) is 12.8 Å². The standard InChI is InChI=1S/C19H20N4/c1-23-13-17(19(22-23)14-5-3-2-4-6-14)15-8-12-21-18-9-11-20-10-7-16(15)18/h2-6,8,12-13,20H,7,9-11H2,1H3. The second-order valence-corrected chi connectivity index (χ2v) is 5.96. The van der Waals surface area contributed by atoms with Crippen LogP contribution in [0.5, 0.6) is 0 Å². The van der Waals surface area contributed by atoms with Crippen molar-refractivity contribution in [3.63, 3.8) is 0 Å². The molecule has 0 radical (unpaired) electrons. The van der Waals surface area contributed by atoms with E-state index in [1.807, 2.05) is 24.0 Å². The zero-order valence-corrected chi connectivity index (χ0v) is 13.3. The number of fused-ring (bicyclic) bond motifs is 1. The van der Waals surface area contributed by atoms with Crippen LogP contribution in [-0.4, -0.2) is 27.9 Å². The van der Waals surface area contributed by atoms with Gasteiger partial charge in [-0.25, -0.2) is 0 Å². The van der Waals surface area contributed by atoms with Gasteiger partial charge in [0.2, 0.25) is 0 Å². The number of benzene rings is 1. The predicted octanol–water partition coefficient (Wildman–Crippen LogP) is 2.84. The highest BCUT2D eigenvalue weighted by Crippen LogP contribution is 2.34. The molecule has 3 heterocycles. The highest BCUT2D eigenvalue weighted by atomic mass is 15.3. The lowest BCUT2D eigenvalue weighted by molar-refractivity contribution is 0.708. The Labute approximate surface area is 136 Å². The molecule has 4 nitrogen and oxygen atoms in total. The van der Waals surface area contributed by atoms with Crippen LogP contribution in [0.3, 0.4) is 0 Å². The maximum atomic E-state index is 4.71. The highest BCUT2D eigenvalue weighted by molar-refractivity contribution is 5.82. The number of aryl methyl sites for hydroxylation is 1. The second kappa shape index (κ2) is 5.97. The quantitative estimate of drug-likeness (QED) is 0.791. The number of nitrogens with one attached hydrogen (secondary N) is 1. The smallest absolute Gasteiger partial charge is 0.100 e. The van der Waals surface area contributed by atoms with Gasteiger partial charge in [-0.05, 0) is 30.2 Å². The summed E-state index contributed by atoms with van der Waals surface area (Å²) in [4.78, 5) is 4.61. The van der Waals surface area contributed by atoms with Gasteiger partial charge in [0.05, 0.1) is 0 Å². The summed E-state index contributed by atoms with van der Waals surface area (Å²) in [6.45, 7) is 2.01. The minimum Gasteiger partial charge on any atom is -0.316 e. The molecule has 4 heteroatoms. The van der Waals surface area contributed by atoms with Crippen LogP contribution in [0.15, 0.2) is 48.8 Å². The van der Waals surface area contributed by atoms with E-state index in [1.54, 1.807) is 0 Å². The maximum absolute atomic E-state index is 4.71. The number of rotatable bonds is 2. The fourth-order valence-electron chi connectivity index (χ4n) is 3.32. The Morgan fingerprint density at radius 3 is 2.70 bits per heavy atom. The molecule has 0 amide bonds. The molecule has 0 spiro atoms. The second-order valence-electron chi connectivity index (χ2n) is 5.96. The largest absolute Gasteiger partial charge is 0.316 e. The Balaban J connectivity index is 1.90. The van der Waals surface area contributed by atoms with Gasteiger partial charge in [0, 0.05) is 49.2 Å². The molecule has 1 aliphatic rings. The molecule has 0 fully saturated rings. The summed E-state index contributed by atoms with van der Waals surface area (Å²) < 4.78 is 1.90. The van der Waals surface area contributed by atoms with E-state index in [4.69, 9.17) is 5.10 Å². The minimum atomic E-state index is 0.990. The van der Waals surface area contributed by atoms with Gasteiger partial charge < -0.3 is 5.32 Å². The Kier molecular flexibility index (Phi) is 3.67. The molecule has 4 rings (SSSR count). The van der Waals surface area contributed by atoms with E-state index in [1.165, 1.54) is 22.4 Å². The number of aromatic nitrogens is 3. The summed E-state index contributed by atoms with van der Waals surface area (Å²) in [5.41, 5.74) is 7.24. The lowest BCUT2D eigenvalue weighted by Crippen LogP contribution is -2.16. The Hall–Kier alpha value is -2.46. The Morgan fingerprint density at radius 2 is 1.83 bits per heavy atom. The van der Waals surface area contributed by atoms with Crippen LogP contribution < -0.4 is 5.32 Å². The lowest BCUT2D eigenvalue weighted by Gasteiger charge is -2.11. The van der Waals surface area contributed by atoms with Crippen LogP contribution in [-0.2, 0) is 19.9 Å². The molecule has 1 aliphatic heterocycles. The first-order valence-electron chi connectivity index (χ1n) is 8.10. The van der Waals surface area contributed by atoms with Gasteiger partial charge in [0.25, 0.3) is 0 Å². The molecule has 0 bridgehead atoms. The molecule has 1 N–H and O–H groups in total. The molecule has 3 aromatic rings. The molecular formula is C19H20N4. The molecule has 0 unspecified atom stereocenters. The van der Waals surface area contributed by atoms with Gasteiger partial charge in [0.15, 0.2) is 0 Å². The van der Waals surface area contributed by atoms with Crippen LogP contribution in [0.25, 0.3) is 22.4 Å². The summed E-state index contributed by atoms with van der Waals surface area (Å²) in [5, 5.41) is 8.17. The first-order valence-corrected chi connectivity index (χ1v) is 8.10. The van der Waals surface area contributed by atoms with Gasteiger partial charge in [-0.2, -0.15) is 5.10 Å². The van der Waals surface area contributed by atoms with Gasteiger partial charge in [-0.15, -0.1) is 0 Å². The molecule has 2 aromatic heterocycles. The molecule has 23 heavy (non-hydrogen) atoms. The van der Waals surface area contributed by atoms with Crippen molar-refractivity contribution in [1.29, 1.82) is 0 Å². The van der Waals surface area contributed by atoms with Crippen molar-refractivity contribution < 1.29 is 0 Å². The molecule has 116 valence electrons. The van der Waals surface area contributed by atoms with Gasteiger partial charge >= 0.3 is 0 Å². The lowest BCUT2D eigenvalue weighted by atomic mass is 9.95. The summed E-state index contributed by atoms with van der Waals surface area (Å²) in [7, 11) is 1.98.